The molecule has 1 N–H and O–H groups in total. The van der Waals surface area contributed by atoms with Crippen molar-refractivity contribution < 1.29 is 28.2 Å². The third-order valence-electron chi connectivity index (χ3n) is 7.20. The first-order valence-corrected chi connectivity index (χ1v) is 13.5. The molecule has 2 aromatic carbocycles. The number of carboxylic acid groups (broad SMARTS) is 1. The second kappa shape index (κ2) is 12.4. The number of aromatic nitrogens is 3. The number of hydrogen-bond donors (Lipinski definition) is 1. The quantitative estimate of drug-likeness (QED) is 0.278. The number of nitrogens with zero attached hydrogens (tertiary/aromatic N) is 5. The number of benzene rings is 2. The molecule has 5 rings (SSSR count). The highest BCUT2D eigenvalue weighted by atomic mass is 35.5. The van der Waals surface area contributed by atoms with Crippen LogP contribution in [-0.4, -0.2) is 69.9 Å². The summed E-state index contributed by atoms with van der Waals surface area (Å²) in [5.74, 6) is -0.772. The molecule has 2 aromatic heterocycles. The van der Waals surface area contributed by atoms with Crippen LogP contribution in [0.3, 0.4) is 0 Å². The molecule has 0 spiro atoms. The Morgan fingerprint density at radius 2 is 1.93 bits per heavy atom. The average Bonchev–Trinajstić information content (AvgIpc) is 3.29. The number of hydrogen-bond acceptors (Lipinski definition) is 7. The first kappa shape index (κ1) is 28.7. The van der Waals surface area contributed by atoms with Gasteiger partial charge in [-0.15, -0.1) is 0 Å². The van der Waals surface area contributed by atoms with E-state index < -0.39 is 17.6 Å². The summed E-state index contributed by atoms with van der Waals surface area (Å²) < 4.78 is 41.9. The van der Waals surface area contributed by atoms with Gasteiger partial charge in [-0.1, -0.05) is 17.7 Å². The number of carbonyl (C=O) groups is 1. The van der Waals surface area contributed by atoms with Crippen LogP contribution in [0.4, 0.5) is 14.6 Å². The Balaban J connectivity index is 1.29. The standard InChI is InChI=1S/C29H30ClF2N5O4/c1-18-15-36(28-22(31)6-8-27(34-28)41-17-20-3-5-21(30)14-23(20)32)10-9-35(18)16-26-33-24-7-4-19(29(38)39)13-25(24)37(26)11-12-40-2/h3-8,13-14,18H,9-12,15-17H2,1-2H3,(H,38,39)/t18-/m0/s1. The van der Waals surface area contributed by atoms with Gasteiger partial charge in [0.25, 0.3) is 0 Å². The van der Waals surface area contributed by atoms with Gasteiger partial charge in [-0.25, -0.2) is 18.6 Å². The Kier molecular flexibility index (Phi) is 8.67. The zero-order chi connectivity index (χ0) is 29.1. The number of imidazole rings is 1. The monoisotopic (exact) mass is 585 g/mol. The second-order valence-electron chi connectivity index (χ2n) is 9.93. The number of pyridine rings is 1. The van der Waals surface area contributed by atoms with Gasteiger partial charge in [0.15, 0.2) is 11.6 Å². The summed E-state index contributed by atoms with van der Waals surface area (Å²) in [6, 6.07) is 12.0. The molecular weight excluding hydrogens is 556 g/mol. The van der Waals surface area contributed by atoms with Crippen LogP contribution in [0.1, 0.15) is 28.7 Å². The minimum Gasteiger partial charge on any atom is -0.478 e. The normalized spacial score (nSPS) is 15.9. The SMILES string of the molecule is COCCn1c(CN2CCN(c3nc(OCc4ccc(Cl)cc4F)ccc3F)C[C@@H]2C)nc2ccc(C(=O)O)cc21. The van der Waals surface area contributed by atoms with Crippen LogP contribution in [0.25, 0.3) is 11.0 Å². The Bertz CT molecular complexity index is 1570. The number of piperazine rings is 1. The van der Waals surface area contributed by atoms with Gasteiger partial charge in [-0.3, -0.25) is 4.90 Å². The molecule has 0 radical (unpaired) electrons. The van der Waals surface area contributed by atoms with E-state index in [1.807, 2.05) is 9.47 Å². The van der Waals surface area contributed by atoms with Gasteiger partial charge in [-0.2, -0.15) is 4.98 Å². The Morgan fingerprint density at radius 3 is 2.66 bits per heavy atom. The van der Waals surface area contributed by atoms with Gasteiger partial charge in [0.2, 0.25) is 5.88 Å². The van der Waals surface area contributed by atoms with Crippen molar-refractivity contribution in [1.82, 2.24) is 19.4 Å². The lowest BCUT2D eigenvalue weighted by atomic mass is 10.2. The lowest BCUT2D eigenvalue weighted by Crippen LogP contribution is -2.52. The summed E-state index contributed by atoms with van der Waals surface area (Å²) in [5.41, 5.74) is 1.97. The van der Waals surface area contributed by atoms with Gasteiger partial charge < -0.3 is 24.0 Å². The van der Waals surface area contributed by atoms with Gasteiger partial charge in [-0.05, 0) is 43.3 Å². The average molecular weight is 586 g/mol. The van der Waals surface area contributed by atoms with Crippen LogP contribution in [0.5, 0.6) is 5.88 Å². The molecular formula is C29H30ClF2N5O4. The molecule has 1 atom stereocenters. The van der Waals surface area contributed by atoms with E-state index in [0.29, 0.717) is 55.4 Å². The van der Waals surface area contributed by atoms with E-state index in [1.165, 1.54) is 24.3 Å². The summed E-state index contributed by atoms with van der Waals surface area (Å²) in [7, 11) is 1.62. The van der Waals surface area contributed by atoms with Gasteiger partial charge >= 0.3 is 5.97 Å². The molecule has 12 heteroatoms. The maximum Gasteiger partial charge on any atom is 0.335 e. The molecule has 216 valence electrons. The number of carboxylic acids is 1. The first-order chi connectivity index (χ1) is 19.7. The number of fused-ring (bicyclic) bond motifs is 1. The Hall–Kier alpha value is -3.80. The van der Waals surface area contributed by atoms with E-state index in [2.05, 4.69) is 16.8 Å². The van der Waals surface area contributed by atoms with Crippen molar-refractivity contribution in [1.29, 1.82) is 0 Å². The highest BCUT2D eigenvalue weighted by Crippen LogP contribution is 2.26. The maximum atomic E-state index is 14.9. The van der Waals surface area contributed by atoms with Crippen molar-refractivity contribution in [3.63, 3.8) is 0 Å². The van der Waals surface area contributed by atoms with E-state index in [4.69, 9.17) is 26.1 Å². The van der Waals surface area contributed by atoms with Crippen LogP contribution in [0, 0.1) is 11.6 Å². The lowest BCUT2D eigenvalue weighted by molar-refractivity contribution is 0.0697. The molecule has 1 saturated heterocycles. The van der Waals surface area contributed by atoms with E-state index in [0.717, 1.165) is 11.3 Å². The summed E-state index contributed by atoms with van der Waals surface area (Å²) in [6.45, 7) is 5.15. The third-order valence-corrected chi connectivity index (χ3v) is 7.43. The highest BCUT2D eigenvalue weighted by Gasteiger charge is 2.28. The number of rotatable bonds is 10. The van der Waals surface area contributed by atoms with Gasteiger partial charge in [0, 0.05) is 56.0 Å². The minimum absolute atomic E-state index is 0.0305. The fourth-order valence-electron chi connectivity index (χ4n) is 4.97. The first-order valence-electron chi connectivity index (χ1n) is 13.2. The van der Waals surface area contributed by atoms with Crippen LogP contribution in [-0.2, 0) is 24.4 Å². The van der Waals surface area contributed by atoms with Crippen molar-refractivity contribution in [3.8, 4) is 5.88 Å². The molecule has 4 aromatic rings. The molecule has 1 fully saturated rings. The van der Waals surface area contributed by atoms with E-state index in [9.17, 15) is 18.7 Å². The second-order valence-corrected chi connectivity index (χ2v) is 10.4. The third kappa shape index (κ3) is 6.42. The lowest BCUT2D eigenvalue weighted by Gasteiger charge is -2.40. The topological polar surface area (TPSA) is 93.0 Å². The van der Waals surface area contributed by atoms with Gasteiger partial charge in [0.05, 0.1) is 29.7 Å². The molecule has 41 heavy (non-hydrogen) atoms. The smallest absolute Gasteiger partial charge is 0.335 e. The molecule has 0 amide bonds. The van der Waals surface area contributed by atoms with Crippen LogP contribution in [0.2, 0.25) is 5.02 Å². The molecule has 1 aliphatic rings. The number of halogens is 3. The van der Waals surface area contributed by atoms with Crippen LogP contribution in [0.15, 0.2) is 48.5 Å². The van der Waals surface area contributed by atoms with Gasteiger partial charge in [0.1, 0.15) is 18.2 Å². The predicted molar refractivity (Wildman–Crippen MR) is 151 cm³/mol. The molecule has 9 nitrogen and oxygen atoms in total. The molecule has 3 heterocycles. The van der Waals surface area contributed by atoms with E-state index >= 15 is 0 Å². The van der Waals surface area contributed by atoms with E-state index in [1.54, 1.807) is 31.4 Å². The zero-order valence-corrected chi connectivity index (χ0v) is 23.4. The van der Waals surface area contributed by atoms with Crippen molar-refractivity contribution in [3.05, 3.63) is 82.1 Å². The maximum absolute atomic E-state index is 14.9. The van der Waals surface area contributed by atoms with E-state index in [-0.39, 0.29) is 29.9 Å². The van der Waals surface area contributed by atoms with Crippen LogP contribution >= 0.6 is 11.6 Å². The summed E-state index contributed by atoms with van der Waals surface area (Å²) in [6.07, 6.45) is 0. The minimum atomic E-state index is -0.995. The molecule has 0 saturated carbocycles. The zero-order valence-electron chi connectivity index (χ0n) is 22.7. The molecule has 0 unspecified atom stereocenters. The Morgan fingerprint density at radius 1 is 1.10 bits per heavy atom. The highest BCUT2D eigenvalue weighted by molar-refractivity contribution is 6.30. The van der Waals surface area contributed by atoms with Crippen molar-refractivity contribution in [2.45, 2.75) is 32.7 Å². The molecule has 0 aliphatic carbocycles. The fourth-order valence-corrected chi connectivity index (χ4v) is 5.13. The fraction of sp³-hybridized carbons (Fsp3) is 0.345. The molecule has 1 aliphatic heterocycles. The van der Waals surface area contributed by atoms with Crippen molar-refractivity contribution in [2.75, 3.05) is 38.3 Å². The largest absolute Gasteiger partial charge is 0.478 e. The van der Waals surface area contributed by atoms with Crippen LogP contribution < -0.4 is 9.64 Å². The number of ether oxygens (including phenoxy) is 2. The number of aromatic carboxylic acids is 1. The van der Waals surface area contributed by atoms with Crippen molar-refractivity contribution in [2.24, 2.45) is 0 Å². The summed E-state index contributed by atoms with van der Waals surface area (Å²) in [5, 5.41) is 9.74. The number of anilines is 1. The Labute approximate surface area is 240 Å². The summed E-state index contributed by atoms with van der Waals surface area (Å²) in [4.78, 5) is 24.8. The number of methoxy groups -OCH3 is 1. The molecule has 0 bridgehead atoms. The van der Waals surface area contributed by atoms with Crippen molar-refractivity contribution >= 4 is 34.4 Å². The predicted octanol–water partition coefficient (Wildman–Crippen LogP) is 5.00. The summed E-state index contributed by atoms with van der Waals surface area (Å²) >= 11 is 5.81.